The fourth-order valence-electron chi connectivity index (χ4n) is 2.06. The number of thiazole rings is 1. The second-order valence-corrected chi connectivity index (χ2v) is 7.62. The van der Waals surface area contributed by atoms with Crippen LogP contribution in [0.2, 0.25) is 0 Å². The van der Waals surface area contributed by atoms with Gasteiger partial charge in [0.2, 0.25) is 5.91 Å². The highest BCUT2D eigenvalue weighted by molar-refractivity contribution is 7.18. The summed E-state index contributed by atoms with van der Waals surface area (Å²) in [5.74, 6) is -0.338. The fraction of sp³-hybridized carbons (Fsp3) is 0.438. The minimum atomic E-state index is -0.476. The third-order valence-corrected chi connectivity index (χ3v) is 3.92. The summed E-state index contributed by atoms with van der Waals surface area (Å²) in [6, 6.07) is 7.46. The molecule has 0 saturated heterocycles. The van der Waals surface area contributed by atoms with Crippen molar-refractivity contribution in [1.29, 1.82) is 0 Å². The fourth-order valence-corrected chi connectivity index (χ4v) is 3.11. The van der Waals surface area contributed by atoms with Crippen LogP contribution in [0.15, 0.2) is 24.3 Å². The van der Waals surface area contributed by atoms with Crippen LogP contribution < -0.4 is 10.6 Å². The molecular weight excluding hydrogens is 312 g/mol. The third-order valence-electron chi connectivity index (χ3n) is 2.90. The molecular formula is C16H22N4O2S. The summed E-state index contributed by atoms with van der Waals surface area (Å²) in [6.07, 6.45) is 0. The molecule has 1 heterocycles. The van der Waals surface area contributed by atoms with Crippen molar-refractivity contribution in [3.63, 3.8) is 0 Å². The first-order valence-corrected chi connectivity index (χ1v) is 8.19. The molecule has 0 bridgehead atoms. The van der Waals surface area contributed by atoms with E-state index in [1.165, 1.54) is 0 Å². The van der Waals surface area contributed by atoms with E-state index in [-0.39, 0.29) is 18.0 Å². The topological polar surface area (TPSA) is 74.3 Å². The number of para-hydroxylation sites is 1. The number of urea groups is 1. The van der Waals surface area contributed by atoms with Crippen LogP contribution in [0.4, 0.5) is 4.79 Å². The maximum absolute atomic E-state index is 11.9. The predicted octanol–water partition coefficient (Wildman–Crippen LogP) is 2.35. The quantitative estimate of drug-likeness (QED) is 0.900. The number of likely N-dealkylation sites (N-methyl/N-ethyl adjacent to an activating group) is 1. The highest BCUT2D eigenvalue weighted by atomic mass is 32.1. The van der Waals surface area contributed by atoms with Gasteiger partial charge in [-0.15, -0.1) is 11.3 Å². The van der Waals surface area contributed by atoms with Crippen molar-refractivity contribution < 1.29 is 9.59 Å². The van der Waals surface area contributed by atoms with Crippen LogP contribution >= 0.6 is 11.3 Å². The van der Waals surface area contributed by atoms with Gasteiger partial charge in [0.1, 0.15) is 5.01 Å². The lowest BCUT2D eigenvalue weighted by molar-refractivity contribution is -0.121. The molecule has 3 amide bonds. The number of benzene rings is 1. The SMILES string of the molecule is CN(CC(=O)NC(=O)NC(C)(C)C)Cc1nc2ccccc2s1. The van der Waals surface area contributed by atoms with Crippen molar-refractivity contribution in [2.45, 2.75) is 32.9 Å². The van der Waals surface area contributed by atoms with E-state index in [0.717, 1.165) is 15.2 Å². The van der Waals surface area contributed by atoms with Crippen LogP contribution in [0, 0.1) is 0 Å². The molecule has 0 spiro atoms. The Labute approximate surface area is 139 Å². The van der Waals surface area contributed by atoms with Crippen LogP contribution in [-0.2, 0) is 11.3 Å². The van der Waals surface area contributed by atoms with Crippen molar-refractivity contribution in [3.05, 3.63) is 29.3 Å². The molecule has 1 aromatic heterocycles. The van der Waals surface area contributed by atoms with E-state index in [1.807, 2.05) is 57.0 Å². The zero-order valence-corrected chi connectivity index (χ0v) is 14.7. The summed E-state index contributed by atoms with van der Waals surface area (Å²) in [5.41, 5.74) is 0.590. The van der Waals surface area contributed by atoms with E-state index in [9.17, 15) is 9.59 Å². The minimum Gasteiger partial charge on any atom is -0.333 e. The van der Waals surface area contributed by atoms with Crippen molar-refractivity contribution in [1.82, 2.24) is 20.5 Å². The van der Waals surface area contributed by atoms with E-state index >= 15 is 0 Å². The average molecular weight is 334 g/mol. The van der Waals surface area contributed by atoms with Gasteiger partial charge in [-0.25, -0.2) is 9.78 Å². The molecule has 23 heavy (non-hydrogen) atoms. The normalized spacial score (nSPS) is 11.7. The largest absolute Gasteiger partial charge is 0.333 e. The van der Waals surface area contributed by atoms with Gasteiger partial charge in [-0.1, -0.05) is 12.1 Å². The number of carbonyl (C=O) groups excluding carboxylic acids is 2. The average Bonchev–Trinajstić information content (AvgIpc) is 2.77. The van der Waals surface area contributed by atoms with Crippen LogP contribution in [-0.4, -0.2) is 41.0 Å². The molecule has 0 radical (unpaired) electrons. The Morgan fingerprint density at radius 3 is 2.61 bits per heavy atom. The summed E-state index contributed by atoms with van der Waals surface area (Å²) in [5, 5.41) is 5.97. The summed E-state index contributed by atoms with van der Waals surface area (Å²) in [6.45, 7) is 6.27. The Morgan fingerprint density at radius 1 is 1.26 bits per heavy atom. The van der Waals surface area contributed by atoms with Crippen molar-refractivity contribution >= 4 is 33.5 Å². The zero-order chi connectivity index (χ0) is 17.0. The third kappa shape index (κ3) is 5.61. The molecule has 2 rings (SSSR count). The number of hydrogen-bond acceptors (Lipinski definition) is 5. The van der Waals surface area contributed by atoms with E-state index < -0.39 is 6.03 Å². The number of amides is 3. The van der Waals surface area contributed by atoms with Crippen molar-refractivity contribution in [2.24, 2.45) is 0 Å². The highest BCUT2D eigenvalue weighted by Gasteiger charge is 2.17. The maximum atomic E-state index is 11.9. The molecule has 2 aromatic rings. The number of nitrogens with zero attached hydrogens (tertiary/aromatic N) is 2. The molecule has 7 heteroatoms. The molecule has 0 atom stereocenters. The number of rotatable bonds is 4. The summed E-state index contributed by atoms with van der Waals surface area (Å²) in [7, 11) is 1.83. The van der Waals surface area contributed by atoms with Gasteiger partial charge in [0, 0.05) is 5.54 Å². The van der Waals surface area contributed by atoms with Gasteiger partial charge in [-0.05, 0) is 40.0 Å². The molecule has 0 aliphatic heterocycles. The minimum absolute atomic E-state index is 0.132. The number of imide groups is 1. The first-order chi connectivity index (χ1) is 10.7. The second-order valence-electron chi connectivity index (χ2n) is 6.50. The first-order valence-electron chi connectivity index (χ1n) is 7.38. The number of carbonyl (C=O) groups is 2. The second kappa shape index (κ2) is 7.06. The first kappa shape index (κ1) is 17.4. The van der Waals surface area contributed by atoms with E-state index in [2.05, 4.69) is 15.6 Å². The molecule has 0 saturated carbocycles. The maximum Gasteiger partial charge on any atom is 0.321 e. The predicted molar refractivity (Wildman–Crippen MR) is 92.4 cm³/mol. The van der Waals surface area contributed by atoms with Gasteiger partial charge < -0.3 is 5.32 Å². The van der Waals surface area contributed by atoms with Crippen molar-refractivity contribution in [2.75, 3.05) is 13.6 Å². The lowest BCUT2D eigenvalue weighted by atomic mass is 10.1. The van der Waals surface area contributed by atoms with Crippen molar-refractivity contribution in [3.8, 4) is 0 Å². The molecule has 124 valence electrons. The van der Waals surface area contributed by atoms with E-state index in [4.69, 9.17) is 0 Å². The zero-order valence-electron chi connectivity index (χ0n) is 13.8. The van der Waals surface area contributed by atoms with E-state index in [1.54, 1.807) is 11.3 Å². The molecule has 6 nitrogen and oxygen atoms in total. The number of nitrogens with one attached hydrogen (secondary N) is 2. The molecule has 0 unspecified atom stereocenters. The number of hydrogen-bond donors (Lipinski definition) is 2. The molecule has 0 aliphatic rings. The van der Waals surface area contributed by atoms with Crippen LogP contribution in [0.25, 0.3) is 10.2 Å². The standard InChI is InChI=1S/C16H22N4O2S/c1-16(2,3)19-15(22)18-13(21)9-20(4)10-14-17-11-7-5-6-8-12(11)23-14/h5-8H,9-10H2,1-4H3,(H2,18,19,21,22). The molecule has 0 aliphatic carbocycles. The van der Waals surface area contributed by atoms with Gasteiger partial charge in [0.05, 0.1) is 23.3 Å². The Kier molecular flexibility index (Phi) is 5.33. The van der Waals surface area contributed by atoms with Crippen LogP contribution in [0.5, 0.6) is 0 Å². The number of aromatic nitrogens is 1. The summed E-state index contributed by atoms with van der Waals surface area (Å²) < 4.78 is 1.13. The smallest absolute Gasteiger partial charge is 0.321 e. The van der Waals surface area contributed by atoms with Crippen LogP contribution in [0.3, 0.4) is 0 Å². The number of fused-ring (bicyclic) bond motifs is 1. The Hall–Kier alpha value is -1.99. The van der Waals surface area contributed by atoms with Crippen LogP contribution in [0.1, 0.15) is 25.8 Å². The van der Waals surface area contributed by atoms with Gasteiger partial charge >= 0.3 is 6.03 Å². The van der Waals surface area contributed by atoms with Gasteiger partial charge in [0.25, 0.3) is 0 Å². The molecule has 2 N–H and O–H groups in total. The summed E-state index contributed by atoms with van der Waals surface area (Å²) in [4.78, 5) is 29.9. The summed E-state index contributed by atoms with van der Waals surface area (Å²) >= 11 is 1.61. The van der Waals surface area contributed by atoms with Gasteiger partial charge in [-0.2, -0.15) is 0 Å². The monoisotopic (exact) mass is 334 g/mol. The molecule has 0 fully saturated rings. The van der Waals surface area contributed by atoms with Gasteiger partial charge in [-0.3, -0.25) is 15.0 Å². The lowest BCUT2D eigenvalue weighted by Crippen LogP contribution is -2.50. The lowest BCUT2D eigenvalue weighted by Gasteiger charge is -2.21. The Balaban J connectivity index is 1.85. The van der Waals surface area contributed by atoms with Gasteiger partial charge in [0.15, 0.2) is 0 Å². The Bertz CT molecular complexity index is 672. The highest BCUT2D eigenvalue weighted by Crippen LogP contribution is 2.22. The Morgan fingerprint density at radius 2 is 1.96 bits per heavy atom. The molecule has 1 aromatic carbocycles. The van der Waals surface area contributed by atoms with E-state index in [0.29, 0.717) is 6.54 Å².